The lowest BCUT2D eigenvalue weighted by Crippen LogP contribution is -2.54. The Labute approximate surface area is 133 Å². The van der Waals surface area contributed by atoms with Gasteiger partial charge in [0, 0.05) is 19.0 Å². The van der Waals surface area contributed by atoms with Gasteiger partial charge in [-0.25, -0.2) is 0 Å². The number of ether oxygens (including phenoxy) is 1. The van der Waals surface area contributed by atoms with Gasteiger partial charge in [0.05, 0.1) is 18.7 Å². The Morgan fingerprint density at radius 2 is 2.00 bits per heavy atom. The smallest absolute Gasteiger partial charge is 0.224 e. The fourth-order valence-electron chi connectivity index (χ4n) is 3.10. The highest BCUT2D eigenvalue weighted by Gasteiger charge is 2.36. The van der Waals surface area contributed by atoms with Crippen molar-refractivity contribution in [2.24, 2.45) is 0 Å². The number of benzene rings is 1. The first kappa shape index (κ1) is 17.0. The van der Waals surface area contributed by atoms with Crippen LogP contribution in [0.2, 0.25) is 0 Å². The van der Waals surface area contributed by atoms with Crippen molar-refractivity contribution in [3.8, 4) is 0 Å². The van der Waals surface area contributed by atoms with Crippen LogP contribution in [0.1, 0.15) is 45.8 Å². The molecule has 1 saturated heterocycles. The number of hydrogen-bond acceptors (Lipinski definition) is 3. The van der Waals surface area contributed by atoms with Crippen LogP contribution in [-0.4, -0.2) is 42.1 Å². The number of carbonyl (C=O) groups excluding carboxylic acids is 1. The second kappa shape index (κ2) is 7.75. The van der Waals surface area contributed by atoms with Gasteiger partial charge in [-0.2, -0.15) is 0 Å². The highest BCUT2D eigenvalue weighted by Crippen LogP contribution is 2.31. The summed E-state index contributed by atoms with van der Waals surface area (Å²) < 4.78 is 6.00. The maximum Gasteiger partial charge on any atom is 0.224 e. The largest absolute Gasteiger partial charge is 0.369 e. The van der Waals surface area contributed by atoms with E-state index in [0.29, 0.717) is 19.1 Å². The van der Waals surface area contributed by atoms with Gasteiger partial charge in [0.1, 0.15) is 6.10 Å². The number of amides is 1. The average Bonchev–Trinajstić information content (AvgIpc) is 2.48. The van der Waals surface area contributed by atoms with Gasteiger partial charge < -0.3 is 15.0 Å². The molecule has 1 aromatic carbocycles. The minimum atomic E-state index is -0.0422. The van der Waals surface area contributed by atoms with E-state index in [0.717, 1.165) is 12.1 Å². The van der Waals surface area contributed by atoms with Gasteiger partial charge >= 0.3 is 0 Å². The molecule has 22 heavy (non-hydrogen) atoms. The molecule has 4 nitrogen and oxygen atoms in total. The van der Waals surface area contributed by atoms with Crippen LogP contribution in [0.15, 0.2) is 30.3 Å². The third kappa shape index (κ3) is 4.08. The third-order valence-electron chi connectivity index (χ3n) is 4.18. The van der Waals surface area contributed by atoms with Gasteiger partial charge in [-0.1, -0.05) is 44.2 Å². The van der Waals surface area contributed by atoms with Crippen molar-refractivity contribution in [3.05, 3.63) is 35.9 Å². The molecule has 0 unspecified atom stereocenters. The minimum absolute atomic E-state index is 0.0422. The zero-order chi connectivity index (χ0) is 16.1. The van der Waals surface area contributed by atoms with E-state index in [9.17, 15) is 4.79 Å². The molecule has 1 aliphatic rings. The van der Waals surface area contributed by atoms with E-state index in [1.54, 1.807) is 0 Å². The molecule has 0 radical (unpaired) electrons. The Balaban J connectivity index is 2.04. The predicted octanol–water partition coefficient (Wildman–Crippen LogP) is 2.75. The first-order valence-electron chi connectivity index (χ1n) is 8.21. The van der Waals surface area contributed by atoms with E-state index in [1.807, 2.05) is 23.1 Å². The summed E-state index contributed by atoms with van der Waals surface area (Å²) in [7, 11) is 0. The first-order chi connectivity index (χ1) is 10.5. The van der Waals surface area contributed by atoms with E-state index in [2.05, 4.69) is 45.1 Å². The molecule has 1 fully saturated rings. The Bertz CT molecular complexity index is 475. The molecular formula is C18H28N2O2. The van der Waals surface area contributed by atoms with Crippen molar-refractivity contribution >= 4 is 5.91 Å². The quantitative estimate of drug-likeness (QED) is 0.909. The summed E-state index contributed by atoms with van der Waals surface area (Å²) in [5.41, 5.74) is 1.14. The first-order valence-corrected chi connectivity index (χ1v) is 8.21. The Morgan fingerprint density at radius 1 is 1.32 bits per heavy atom. The summed E-state index contributed by atoms with van der Waals surface area (Å²) in [5, 5.41) is 3.31. The number of nitrogens with zero attached hydrogens (tertiary/aromatic N) is 1. The van der Waals surface area contributed by atoms with E-state index < -0.39 is 0 Å². The second-order valence-corrected chi connectivity index (χ2v) is 6.41. The molecule has 1 aromatic rings. The molecular weight excluding hydrogens is 276 g/mol. The zero-order valence-corrected chi connectivity index (χ0v) is 14.1. The van der Waals surface area contributed by atoms with Crippen LogP contribution in [0, 0.1) is 0 Å². The van der Waals surface area contributed by atoms with Crippen molar-refractivity contribution in [1.29, 1.82) is 0 Å². The molecule has 4 heteroatoms. The second-order valence-electron chi connectivity index (χ2n) is 6.41. The highest BCUT2D eigenvalue weighted by molar-refractivity contribution is 5.77. The summed E-state index contributed by atoms with van der Waals surface area (Å²) in [6.45, 7) is 9.65. The van der Waals surface area contributed by atoms with Crippen molar-refractivity contribution < 1.29 is 9.53 Å². The topological polar surface area (TPSA) is 41.6 Å². The van der Waals surface area contributed by atoms with Crippen LogP contribution in [-0.2, 0) is 9.53 Å². The van der Waals surface area contributed by atoms with Crippen LogP contribution in [0.5, 0.6) is 0 Å². The number of nitrogens with one attached hydrogen (secondary N) is 1. The van der Waals surface area contributed by atoms with Crippen molar-refractivity contribution in [1.82, 2.24) is 10.2 Å². The molecule has 0 bridgehead atoms. The summed E-state index contributed by atoms with van der Waals surface area (Å²) in [5.74, 6) is 0.206. The van der Waals surface area contributed by atoms with Gasteiger partial charge in [0.15, 0.2) is 0 Å². The van der Waals surface area contributed by atoms with Crippen LogP contribution in [0.25, 0.3) is 0 Å². The van der Waals surface area contributed by atoms with Crippen molar-refractivity contribution in [2.45, 2.75) is 58.3 Å². The lowest BCUT2D eigenvalue weighted by Gasteiger charge is -2.44. The lowest BCUT2D eigenvalue weighted by molar-refractivity contribution is -0.153. The summed E-state index contributed by atoms with van der Waals surface area (Å²) in [6, 6.07) is 10.8. The molecule has 1 heterocycles. The van der Waals surface area contributed by atoms with Gasteiger partial charge in [0.2, 0.25) is 5.91 Å². The number of rotatable bonds is 5. The van der Waals surface area contributed by atoms with Crippen LogP contribution in [0.4, 0.5) is 0 Å². The molecule has 1 aliphatic heterocycles. The molecule has 122 valence electrons. The molecule has 0 spiro atoms. The maximum atomic E-state index is 12.6. The van der Waals surface area contributed by atoms with Gasteiger partial charge in [-0.15, -0.1) is 0 Å². The molecule has 3 atom stereocenters. The molecule has 1 N–H and O–H groups in total. The van der Waals surface area contributed by atoms with Crippen LogP contribution >= 0.6 is 0 Å². The predicted molar refractivity (Wildman–Crippen MR) is 88.7 cm³/mol. The Hall–Kier alpha value is -1.39. The van der Waals surface area contributed by atoms with Crippen molar-refractivity contribution in [2.75, 3.05) is 13.2 Å². The molecule has 0 saturated carbocycles. The summed E-state index contributed by atoms with van der Waals surface area (Å²) in [4.78, 5) is 14.6. The monoisotopic (exact) mass is 304 g/mol. The molecule has 1 amide bonds. The van der Waals surface area contributed by atoms with Crippen molar-refractivity contribution in [3.63, 3.8) is 0 Å². The minimum Gasteiger partial charge on any atom is -0.369 e. The van der Waals surface area contributed by atoms with Gasteiger partial charge in [-0.3, -0.25) is 4.79 Å². The third-order valence-corrected chi connectivity index (χ3v) is 4.18. The Kier molecular flexibility index (Phi) is 5.98. The summed E-state index contributed by atoms with van der Waals surface area (Å²) in [6.07, 6.45) is 0.494. The SMILES string of the molecule is CC(C)NCCC(=O)N1[C@H](C)CO[C@@H](c2ccccc2)[C@H]1C. The number of carbonyl (C=O) groups is 1. The average molecular weight is 304 g/mol. The zero-order valence-electron chi connectivity index (χ0n) is 14.1. The van der Waals surface area contributed by atoms with Gasteiger partial charge in [-0.05, 0) is 19.4 Å². The van der Waals surface area contributed by atoms with E-state index in [1.165, 1.54) is 0 Å². The molecule has 2 rings (SSSR count). The van der Waals surface area contributed by atoms with E-state index >= 15 is 0 Å². The summed E-state index contributed by atoms with van der Waals surface area (Å²) >= 11 is 0. The van der Waals surface area contributed by atoms with Crippen LogP contribution < -0.4 is 5.32 Å². The van der Waals surface area contributed by atoms with E-state index in [-0.39, 0.29) is 24.1 Å². The number of morpholine rings is 1. The molecule has 0 aliphatic carbocycles. The Morgan fingerprint density at radius 3 is 2.64 bits per heavy atom. The van der Waals surface area contributed by atoms with Crippen LogP contribution in [0.3, 0.4) is 0 Å². The van der Waals surface area contributed by atoms with E-state index in [4.69, 9.17) is 4.74 Å². The maximum absolute atomic E-state index is 12.6. The fourth-order valence-corrected chi connectivity index (χ4v) is 3.10. The fraction of sp³-hybridized carbons (Fsp3) is 0.611. The standard InChI is InChI=1S/C18H28N2O2/c1-13(2)19-11-10-17(21)20-14(3)12-22-18(15(20)4)16-8-6-5-7-9-16/h5-9,13-15,18-19H,10-12H2,1-4H3/t14-,15-,18-/m1/s1. The normalized spacial score (nSPS) is 25.5. The highest BCUT2D eigenvalue weighted by atomic mass is 16.5. The lowest BCUT2D eigenvalue weighted by atomic mass is 9.98. The van der Waals surface area contributed by atoms with Gasteiger partial charge in [0.25, 0.3) is 0 Å². The molecule has 0 aromatic heterocycles. The number of hydrogen-bond donors (Lipinski definition) is 1.